The molecule has 0 fully saturated rings. The maximum atomic E-state index is 12.1. The topological polar surface area (TPSA) is 84.0 Å². The second-order valence-corrected chi connectivity index (χ2v) is 8.21. The van der Waals surface area contributed by atoms with E-state index in [2.05, 4.69) is 20.9 Å². The van der Waals surface area contributed by atoms with Gasteiger partial charge in [0.1, 0.15) is 6.54 Å². The summed E-state index contributed by atoms with van der Waals surface area (Å²) < 4.78 is 11.4. The number of thioether (sulfide) groups is 1. The molecule has 0 saturated carbocycles. The number of hydrogen-bond donors (Lipinski definition) is 3. The molecule has 1 aromatic rings. The predicted molar refractivity (Wildman–Crippen MR) is 128 cm³/mol. The Balaban J connectivity index is 0.00000392. The van der Waals surface area contributed by atoms with E-state index in [0.717, 1.165) is 30.2 Å². The van der Waals surface area contributed by atoms with Crippen molar-refractivity contribution in [1.82, 2.24) is 10.6 Å². The Morgan fingerprint density at radius 3 is 2.61 bits per heavy atom. The summed E-state index contributed by atoms with van der Waals surface area (Å²) in [5, 5.41) is 9.40. The van der Waals surface area contributed by atoms with Gasteiger partial charge in [-0.2, -0.15) is 11.8 Å². The quantitative estimate of drug-likeness (QED) is 0.231. The van der Waals surface area contributed by atoms with Gasteiger partial charge in [0.25, 0.3) is 0 Å². The third kappa shape index (κ3) is 9.22. The van der Waals surface area contributed by atoms with E-state index in [-0.39, 0.29) is 42.0 Å². The summed E-state index contributed by atoms with van der Waals surface area (Å²) >= 11 is 1.74. The maximum Gasteiger partial charge on any atom is 0.242 e. The number of ether oxygens (including phenoxy) is 2. The van der Waals surface area contributed by atoms with Crippen LogP contribution in [0.15, 0.2) is 23.2 Å². The summed E-state index contributed by atoms with van der Waals surface area (Å²) in [6.45, 7) is 7.93. The normalized spacial score (nSPS) is 13.8. The van der Waals surface area contributed by atoms with Crippen molar-refractivity contribution in [3.05, 3.63) is 18.2 Å². The van der Waals surface area contributed by atoms with Crippen LogP contribution in [0, 0.1) is 0 Å². The van der Waals surface area contributed by atoms with Crippen LogP contribution in [0.5, 0.6) is 11.5 Å². The number of carbonyl (C=O) groups excluding carboxylic acids is 1. The van der Waals surface area contributed by atoms with Crippen molar-refractivity contribution in [2.24, 2.45) is 4.99 Å². The molecule has 0 atom stereocenters. The van der Waals surface area contributed by atoms with E-state index in [9.17, 15) is 4.79 Å². The fourth-order valence-corrected chi connectivity index (χ4v) is 2.70. The third-order valence-corrected chi connectivity index (χ3v) is 4.12. The molecule has 0 bridgehead atoms. The minimum absolute atomic E-state index is 0. The van der Waals surface area contributed by atoms with Gasteiger partial charge >= 0.3 is 0 Å². The molecule has 1 aliphatic heterocycles. The van der Waals surface area contributed by atoms with Crippen LogP contribution in [0.1, 0.15) is 27.2 Å². The third-order valence-electron chi connectivity index (χ3n) is 3.50. The van der Waals surface area contributed by atoms with Gasteiger partial charge in [-0.3, -0.25) is 4.79 Å². The molecule has 1 aliphatic rings. The summed E-state index contributed by atoms with van der Waals surface area (Å²) in [6, 6.07) is 5.69. The molecule has 9 heteroatoms. The van der Waals surface area contributed by atoms with Gasteiger partial charge in [0.2, 0.25) is 5.91 Å². The van der Waals surface area contributed by atoms with Crippen molar-refractivity contribution >= 4 is 53.3 Å². The number of nitrogens with one attached hydrogen (secondary N) is 3. The molecule has 3 N–H and O–H groups in total. The first-order chi connectivity index (χ1) is 12.9. The molecule has 0 radical (unpaired) electrons. The summed E-state index contributed by atoms with van der Waals surface area (Å²) in [5.74, 6) is 2.84. The fourth-order valence-electron chi connectivity index (χ4n) is 2.40. The predicted octanol–water partition coefficient (Wildman–Crippen LogP) is 3.10. The molecule has 1 aromatic carbocycles. The second-order valence-electron chi connectivity index (χ2n) is 7.22. The van der Waals surface area contributed by atoms with Crippen LogP contribution in [0.25, 0.3) is 0 Å². The molecular weight excluding hydrogens is 491 g/mol. The zero-order chi connectivity index (χ0) is 19.7. The van der Waals surface area contributed by atoms with Gasteiger partial charge in [-0.15, -0.1) is 24.0 Å². The van der Waals surface area contributed by atoms with E-state index in [1.807, 2.05) is 45.2 Å². The maximum absolute atomic E-state index is 12.1. The van der Waals surface area contributed by atoms with Gasteiger partial charge in [0.15, 0.2) is 17.5 Å². The number of nitrogens with zero attached hydrogens (tertiary/aromatic N) is 1. The van der Waals surface area contributed by atoms with E-state index < -0.39 is 0 Å². The zero-order valence-corrected chi connectivity index (χ0v) is 20.1. The smallest absolute Gasteiger partial charge is 0.242 e. The number of guanidine groups is 1. The molecule has 0 saturated heterocycles. The van der Waals surface area contributed by atoms with Crippen LogP contribution < -0.4 is 25.4 Å². The molecule has 0 aliphatic carbocycles. The monoisotopic (exact) mass is 522 g/mol. The lowest BCUT2D eigenvalue weighted by Gasteiger charge is -2.20. The second kappa shape index (κ2) is 12.3. The van der Waals surface area contributed by atoms with Crippen LogP contribution in [0.4, 0.5) is 5.69 Å². The Morgan fingerprint density at radius 1 is 1.21 bits per heavy atom. The lowest BCUT2D eigenvalue weighted by atomic mass is 10.1. The number of halogens is 1. The van der Waals surface area contributed by atoms with Gasteiger partial charge in [0.05, 0.1) is 13.2 Å². The van der Waals surface area contributed by atoms with Crippen LogP contribution in [-0.2, 0) is 4.79 Å². The Bertz CT molecular complexity index is 665. The lowest BCUT2D eigenvalue weighted by molar-refractivity contribution is -0.121. The highest BCUT2D eigenvalue weighted by atomic mass is 127. The average molecular weight is 522 g/mol. The Morgan fingerprint density at radius 2 is 1.93 bits per heavy atom. The Hall–Kier alpha value is -1.36. The Labute approximate surface area is 188 Å². The molecule has 1 heterocycles. The molecule has 7 nitrogen and oxygen atoms in total. The van der Waals surface area contributed by atoms with Crippen LogP contribution >= 0.6 is 35.7 Å². The van der Waals surface area contributed by atoms with Crippen molar-refractivity contribution in [2.45, 2.75) is 32.7 Å². The Kier molecular flexibility index (Phi) is 10.8. The number of carbonyl (C=O) groups is 1. The molecule has 158 valence electrons. The van der Waals surface area contributed by atoms with Crippen LogP contribution in [-0.4, -0.2) is 55.7 Å². The number of anilines is 1. The van der Waals surface area contributed by atoms with E-state index in [4.69, 9.17) is 9.47 Å². The molecular formula is C19H31IN4O3S. The SMILES string of the molecule is CSCCNC(=NCC(=O)NC(C)(C)C)Nc1ccc2c(c1)OCCCO2.I. The number of amides is 1. The van der Waals surface area contributed by atoms with Gasteiger partial charge in [0, 0.05) is 36.0 Å². The van der Waals surface area contributed by atoms with Crippen LogP contribution in [0.2, 0.25) is 0 Å². The lowest BCUT2D eigenvalue weighted by Crippen LogP contribution is -2.42. The number of fused-ring (bicyclic) bond motifs is 1. The first kappa shape index (κ1) is 24.7. The minimum Gasteiger partial charge on any atom is -0.490 e. The molecule has 0 aromatic heterocycles. The zero-order valence-electron chi connectivity index (χ0n) is 17.0. The molecule has 0 unspecified atom stereocenters. The van der Waals surface area contributed by atoms with Crippen molar-refractivity contribution < 1.29 is 14.3 Å². The fraction of sp³-hybridized carbons (Fsp3) is 0.579. The highest BCUT2D eigenvalue weighted by Crippen LogP contribution is 2.32. The molecule has 0 spiro atoms. The highest BCUT2D eigenvalue weighted by molar-refractivity contribution is 14.0. The summed E-state index contributed by atoms with van der Waals surface area (Å²) in [7, 11) is 0. The number of hydrogen-bond acceptors (Lipinski definition) is 5. The highest BCUT2D eigenvalue weighted by Gasteiger charge is 2.14. The van der Waals surface area contributed by atoms with E-state index in [1.54, 1.807) is 11.8 Å². The molecule has 28 heavy (non-hydrogen) atoms. The summed E-state index contributed by atoms with van der Waals surface area (Å²) in [5.41, 5.74) is 0.548. The molecule has 2 rings (SSSR count). The van der Waals surface area contributed by atoms with E-state index in [0.29, 0.717) is 24.9 Å². The van der Waals surface area contributed by atoms with Crippen molar-refractivity contribution in [1.29, 1.82) is 0 Å². The van der Waals surface area contributed by atoms with Gasteiger partial charge in [-0.1, -0.05) is 0 Å². The van der Waals surface area contributed by atoms with Crippen LogP contribution in [0.3, 0.4) is 0 Å². The molecule has 1 amide bonds. The first-order valence-electron chi connectivity index (χ1n) is 9.12. The summed E-state index contributed by atoms with van der Waals surface area (Å²) in [6.07, 6.45) is 2.91. The van der Waals surface area contributed by atoms with Gasteiger partial charge < -0.3 is 25.4 Å². The minimum atomic E-state index is -0.277. The van der Waals surface area contributed by atoms with Crippen molar-refractivity contribution in [2.75, 3.05) is 43.6 Å². The van der Waals surface area contributed by atoms with Crippen molar-refractivity contribution in [3.63, 3.8) is 0 Å². The number of benzene rings is 1. The van der Waals surface area contributed by atoms with Gasteiger partial charge in [-0.25, -0.2) is 4.99 Å². The largest absolute Gasteiger partial charge is 0.490 e. The average Bonchev–Trinajstić information content (AvgIpc) is 2.83. The number of rotatable bonds is 6. The van der Waals surface area contributed by atoms with Gasteiger partial charge in [-0.05, 0) is 39.2 Å². The standard InChI is InChI=1S/C19H30N4O3S.HI/c1-19(2,3)23-17(24)13-21-18(20-8-11-27-4)22-14-6-7-15-16(12-14)26-10-5-9-25-15;/h6-7,12H,5,8-11,13H2,1-4H3,(H,23,24)(H2,20,21,22);1H. The van der Waals surface area contributed by atoms with E-state index in [1.165, 1.54) is 0 Å². The summed E-state index contributed by atoms with van der Waals surface area (Å²) in [4.78, 5) is 16.5. The first-order valence-corrected chi connectivity index (χ1v) is 10.5. The van der Waals surface area contributed by atoms with E-state index >= 15 is 0 Å². The van der Waals surface area contributed by atoms with Crippen molar-refractivity contribution in [3.8, 4) is 11.5 Å². The number of aliphatic imine (C=N–C) groups is 1.